The number of aliphatic imine (C=N–C) groups is 1. The Morgan fingerprint density at radius 3 is 2.74 bits per heavy atom. The Bertz CT molecular complexity index is 699. The molecular weight excluding hydrogens is 312 g/mol. The van der Waals surface area contributed by atoms with Crippen molar-refractivity contribution in [1.82, 2.24) is 9.78 Å². The largest absolute Gasteiger partial charge is 0.388 e. The van der Waals surface area contributed by atoms with Gasteiger partial charge in [-0.3, -0.25) is 4.68 Å². The van der Waals surface area contributed by atoms with Gasteiger partial charge >= 0.3 is 0 Å². The summed E-state index contributed by atoms with van der Waals surface area (Å²) in [4.78, 5) is 3.97. The van der Waals surface area contributed by atoms with Gasteiger partial charge in [0.1, 0.15) is 23.0 Å². The minimum Gasteiger partial charge on any atom is -0.388 e. The first-order valence-electron chi connectivity index (χ1n) is 7.29. The van der Waals surface area contributed by atoms with Crippen LogP contribution in [0.3, 0.4) is 0 Å². The molecule has 7 heteroatoms. The highest BCUT2D eigenvalue weighted by molar-refractivity contribution is 6.32. The molecule has 23 heavy (non-hydrogen) atoms. The first-order chi connectivity index (χ1) is 11.1. The quantitative estimate of drug-likeness (QED) is 0.342. The zero-order valence-corrected chi connectivity index (χ0v) is 13.8. The van der Waals surface area contributed by atoms with Gasteiger partial charge in [0.25, 0.3) is 0 Å². The molecule has 1 rings (SSSR count). The summed E-state index contributed by atoms with van der Waals surface area (Å²) in [6.45, 7) is 6.54. The van der Waals surface area contributed by atoms with Gasteiger partial charge in [0.05, 0.1) is 11.3 Å². The lowest BCUT2D eigenvalue weighted by Gasteiger charge is -2.01. The van der Waals surface area contributed by atoms with E-state index in [0.717, 1.165) is 25.0 Å². The molecule has 0 atom stereocenters. The molecule has 0 unspecified atom stereocenters. The van der Waals surface area contributed by atoms with Crippen molar-refractivity contribution in [3.05, 3.63) is 40.5 Å². The van der Waals surface area contributed by atoms with E-state index in [9.17, 15) is 0 Å². The predicted octanol–water partition coefficient (Wildman–Crippen LogP) is 3.09. The fourth-order valence-electron chi connectivity index (χ4n) is 1.92. The fourth-order valence-corrected chi connectivity index (χ4v) is 2.20. The molecule has 0 radical (unpaired) electrons. The molecule has 0 saturated heterocycles. The first-order valence-corrected chi connectivity index (χ1v) is 7.66. The second-order valence-electron chi connectivity index (χ2n) is 4.82. The third-order valence-electron chi connectivity index (χ3n) is 3.12. The summed E-state index contributed by atoms with van der Waals surface area (Å²) < 4.78 is 1.72. The van der Waals surface area contributed by atoms with Crippen molar-refractivity contribution in [1.29, 1.82) is 10.5 Å². The van der Waals surface area contributed by atoms with Gasteiger partial charge in [-0.05, 0) is 6.42 Å². The number of nitrogens with two attached hydrogens (primary N) is 1. The summed E-state index contributed by atoms with van der Waals surface area (Å²) in [6, 6.07) is 3.48. The fraction of sp³-hybridized carbons (Fsp3) is 0.375. The molecule has 0 bridgehead atoms. The summed E-state index contributed by atoms with van der Waals surface area (Å²) in [6.07, 6.45) is 6.85. The molecule has 0 spiro atoms. The lowest BCUT2D eigenvalue weighted by atomic mass is 10.2. The number of hydrogen-bond donors (Lipinski definition) is 1. The van der Waals surface area contributed by atoms with E-state index in [2.05, 4.69) is 23.6 Å². The summed E-state index contributed by atoms with van der Waals surface area (Å²) in [5.74, 6) is 0. The molecule has 0 saturated carbocycles. The second kappa shape index (κ2) is 9.45. The Hall–Kier alpha value is -2.57. The van der Waals surface area contributed by atoms with E-state index < -0.39 is 0 Å². The lowest BCUT2D eigenvalue weighted by Crippen LogP contribution is -2.00. The van der Waals surface area contributed by atoms with E-state index in [1.165, 1.54) is 6.21 Å². The van der Waals surface area contributed by atoms with Crippen LogP contribution in [0.1, 0.15) is 37.4 Å². The summed E-state index contributed by atoms with van der Waals surface area (Å²) in [7, 11) is 0. The number of rotatable bonds is 8. The van der Waals surface area contributed by atoms with Crippen molar-refractivity contribution in [3.8, 4) is 12.1 Å². The minimum absolute atomic E-state index is 0.146. The maximum atomic E-state index is 8.97. The highest BCUT2D eigenvalue weighted by Gasteiger charge is 2.14. The number of nitrogens with zero attached hydrogens (tertiary/aromatic N) is 5. The van der Waals surface area contributed by atoms with E-state index in [4.69, 9.17) is 27.9 Å². The Labute approximate surface area is 141 Å². The summed E-state index contributed by atoms with van der Waals surface area (Å²) >= 11 is 6.36. The number of aromatic nitrogens is 2. The van der Waals surface area contributed by atoms with Gasteiger partial charge in [0, 0.05) is 19.2 Å². The normalized spacial score (nSPS) is 11.8. The summed E-state index contributed by atoms with van der Waals surface area (Å²) in [5, 5.41) is 22.6. The van der Waals surface area contributed by atoms with E-state index in [1.807, 2.05) is 0 Å². The predicted molar refractivity (Wildman–Crippen MR) is 90.7 cm³/mol. The zero-order chi connectivity index (χ0) is 17.2. The molecule has 2 N–H and O–H groups in total. The molecule has 1 aromatic rings. The van der Waals surface area contributed by atoms with E-state index in [0.29, 0.717) is 23.7 Å². The highest BCUT2D eigenvalue weighted by atomic mass is 35.5. The van der Waals surface area contributed by atoms with Crippen molar-refractivity contribution in [2.75, 3.05) is 0 Å². The number of nitriles is 2. The average Bonchev–Trinajstić information content (AvgIpc) is 2.84. The smallest absolute Gasteiger partial charge is 0.174 e. The Morgan fingerprint density at radius 2 is 2.17 bits per heavy atom. The Morgan fingerprint density at radius 1 is 1.43 bits per heavy atom. The number of allylic oxidation sites excluding steroid dienone is 3. The van der Waals surface area contributed by atoms with Crippen LogP contribution in [0.2, 0.25) is 5.15 Å². The number of unbranched alkanes of at least 4 members (excludes halogenated alkanes) is 2. The Kier molecular flexibility index (Phi) is 7.59. The monoisotopic (exact) mass is 330 g/mol. The molecule has 0 amide bonds. The van der Waals surface area contributed by atoms with Crippen LogP contribution in [0.25, 0.3) is 0 Å². The SMILES string of the molecule is C=CCc1nn(CCCCC)c(Cl)c1/C=N/C(C#N)=C(\N)C#N. The topological polar surface area (TPSA) is 104 Å². The highest BCUT2D eigenvalue weighted by Crippen LogP contribution is 2.20. The van der Waals surface area contributed by atoms with Crippen LogP contribution < -0.4 is 5.73 Å². The van der Waals surface area contributed by atoms with Crippen molar-refractivity contribution in [3.63, 3.8) is 0 Å². The summed E-state index contributed by atoms with van der Waals surface area (Å²) in [5.41, 5.74) is 6.38. The molecule has 0 aliphatic heterocycles. The second-order valence-corrected chi connectivity index (χ2v) is 5.18. The van der Waals surface area contributed by atoms with Crippen molar-refractivity contribution in [2.24, 2.45) is 10.7 Å². The van der Waals surface area contributed by atoms with Crippen LogP contribution >= 0.6 is 11.6 Å². The van der Waals surface area contributed by atoms with Crippen LogP contribution in [0.5, 0.6) is 0 Å². The van der Waals surface area contributed by atoms with Gasteiger partial charge in [0.15, 0.2) is 5.70 Å². The molecule has 1 aromatic heterocycles. The van der Waals surface area contributed by atoms with Gasteiger partial charge in [-0.25, -0.2) is 4.99 Å². The van der Waals surface area contributed by atoms with Gasteiger partial charge < -0.3 is 5.73 Å². The maximum absolute atomic E-state index is 8.97. The molecule has 120 valence electrons. The molecular formula is C16H19ClN6. The van der Waals surface area contributed by atoms with Crippen LogP contribution in [-0.2, 0) is 13.0 Å². The third-order valence-corrected chi connectivity index (χ3v) is 3.52. The van der Waals surface area contributed by atoms with Crippen molar-refractivity contribution >= 4 is 17.8 Å². The van der Waals surface area contributed by atoms with Gasteiger partial charge in [0.2, 0.25) is 0 Å². The molecule has 1 heterocycles. The number of halogens is 1. The van der Waals surface area contributed by atoms with Crippen LogP contribution in [0.4, 0.5) is 0 Å². The van der Waals surface area contributed by atoms with E-state index in [1.54, 1.807) is 22.9 Å². The van der Waals surface area contributed by atoms with Crippen LogP contribution in [0, 0.1) is 22.7 Å². The van der Waals surface area contributed by atoms with Gasteiger partial charge in [-0.2, -0.15) is 15.6 Å². The molecule has 0 aliphatic rings. The Balaban J connectivity index is 3.16. The standard InChI is InChI=1S/C16H19ClN6/c1-3-5-6-8-23-16(17)12(14(22-23)7-4-2)11-21-15(10-19)13(20)9-18/h4,11H,2-3,5-8,20H2,1H3/b15-13-,21-11+. The number of aryl methyl sites for hydroxylation is 1. The number of hydrogen-bond acceptors (Lipinski definition) is 5. The molecule has 0 aromatic carbocycles. The van der Waals surface area contributed by atoms with E-state index in [-0.39, 0.29) is 11.4 Å². The molecule has 6 nitrogen and oxygen atoms in total. The average molecular weight is 331 g/mol. The van der Waals surface area contributed by atoms with Crippen LogP contribution in [0.15, 0.2) is 29.0 Å². The first kappa shape index (κ1) is 18.5. The molecule has 0 fully saturated rings. The van der Waals surface area contributed by atoms with Gasteiger partial charge in [-0.15, -0.1) is 6.58 Å². The lowest BCUT2D eigenvalue weighted by molar-refractivity contribution is 0.550. The zero-order valence-electron chi connectivity index (χ0n) is 13.1. The minimum atomic E-state index is -0.236. The van der Waals surface area contributed by atoms with Gasteiger partial charge in [-0.1, -0.05) is 37.4 Å². The van der Waals surface area contributed by atoms with Crippen molar-refractivity contribution < 1.29 is 0 Å². The van der Waals surface area contributed by atoms with Crippen molar-refractivity contribution in [2.45, 2.75) is 39.2 Å². The van der Waals surface area contributed by atoms with E-state index >= 15 is 0 Å². The molecule has 0 aliphatic carbocycles. The van der Waals surface area contributed by atoms with Crippen LogP contribution in [-0.4, -0.2) is 16.0 Å². The maximum Gasteiger partial charge on any atom is 0.174 e. The third kappa shape index (κ3) is 4.98.